The Morgan fingerprint density at radius 3 is 2.21 bits per heavy atom. The molecule has 14 heavy (non-hydrogen) atoms. The molecule has 3 heteroatoms. The molecule has 0 aliphatic heterocycles. The van der Waals surface area contributed by atoms with Crippen LogP contribution in [0.2, 0.25) is 0 Å². The molecule has 0 amide bonds. The van der Waals surface area contributed by atoms with Crippen molar-refractivity contribution in [1.82, 2.24) is 0 Å². The molecular formula is C11H16KO2-. The largest absolute Gasteiger partial charge is 1.00 e. The van der Waals surface area contributed by atoms with Crippen LogP contribution in [0.25, 0.3) is 0 Å². The van der Waals surface area contributed by atoms with Gasteiger partial charge in [-0.25, -0.2) is 0 Å². The van der Waals surface area contributed by atoms with E-state index in [1.54, 1.807) is 31.2 Å². The minimum Gasteiger partial charge on any atom is -1.00 e. The van der Waals surface area contributed by atoms with Crippen LogP contribution < -0.4 is 56.1 Å². The van der Waals surface area contributed by atoms with Crippen LogP contribution in [0.5, 0.6) is 5.75 Å². The maximum absolute atomic E-state index is 10.9. The third kappa shape index (κ3) is 5.27. The van der Waals surface area contributed by atoms with Crippen molar-refractivity contribution in [3.05, 3.63) is 37.3 Å². The molecule has 0 aliphatic rings. The summed E-state index contributed by atoms with van der Waals surface area (Å²) in [6.45, 7) is 4.13. The quantitative estimate of drug-likeness (QED) is 0.402. The number of ether oxygens (including phenoxy) is 1. The summed E-state index contributed by atoms with van der Waals surface area (Å²) in [6.07, 6.45) is 0. The third-order valence-electron chi connectivity index (χ3n) is 1.57. The van der Waals surface area contributed by atoms with Crippen molar-refractivity contribution in [3.8, 4) is 5.75 Å². The normalized spacial score (nSPS) is 8.14. The van der Waals surface area contributed by atoms with Crippen molar-refractivity contribution >= 4 is 5.78 Å². The molecule has 1 aromatic rings. The molecule has 0 atom stereocenters. The molecule has 0 saturated carbocycles. The number of rotatable bonds is 3. The van der Waals surface area contributed by atoms with E-state index in [4.69, 9.17) is 4.74 Å². The molecule has 0 bridgehead atoms. The van der Waals surface area contributed by atoms with E-state index in [1.807, 2.05) is 6.92 Å². The zero-order chi connectivity index (χ0) is 8.97. The molecule has 0 fully saturated rings. The molecule has 1 rings (SSSR count). The van der Waals surface area contributed by atoms with Gasteiger partial charge in [0.2, 0.25) is 0 Å². The fourth-order valence-electron chi connectivity index (χ4n) is 0.953. The fraction of sp³-hybridized carbons (Fsp3) is 0.273. The van der Waals surface area contributed by atoms with Crippen LogP contribution in [0.4, 0.5) is 0 Å². The predicted octanol–water partition coefficient (Wildman–Crippen LogP) is -0.145. The first-order valence-electron chi connectivity index (χ1n) is 3.98. The van der Waals surface area contributed by atoms with Gasteiger partial charge < -0.3 is 13.6 Å². The van der Waals surface area contributed by atoms with Gasteiger partial charge in [0, 0.05) is 5.56 Å². The first kappa shape index (κ1) is 16.7. The van der Waals surface area contributed by atoms with Crippen molar-refractivity contribution in [2.24, 2.45) is 0 Å². The Bertz CT molecular complexity index is 272. The molecule has 0 heterocycles. The number of ketones is 1. The van der Waals surface area contributed by atoms with Crippen LogP contribution in [-0.4, -0.2) is 12.4 Å². The second-order valence-electron chi connectivity index (χ2n) is 2.51. The standard InChI is InChI=1S/C10H12O2.CH3.K.H/c1-3-12-10-6-4-9(5-7-10)8(2)11;;;/h4-7H,3H2,1-2H3;1H3;;/q;-1;+1;-1. The Morgan fingerprint density at radius 2 is 1.86 bits per heavy atom. The molecule has 2 nitrogen and oxygen atoms in total. The first-order valence-corrected chi connectivity index (χ1v) is 3.98. The SMILES string of the molecule is CCOc1ccc(C(C)=O)cc1.[CH3-].[H-].[K+]. The number of benzene rings is 1. The monoisotopic (exact) mass is 219 g/mol. The van der Waals surface area contributed by atoms with Gasteiger partial charge in [0.1, 0.15) is 5.75 Å². The van der Waals surface area contributed by atoms with E-state index in [1.165, 1.54) is 0 Å². The number of Topliss-reactive ketones (excluding diaryl/α,β-unsaturated/α-hetero) is 1. The minimum atomic E-state index is 0. The minimum absolute atomic E-state index is 0. The molecule has 0 unspecified atom stereocenters. The molecule has 74 valence electrons. The summed E-state index contributed by atoms with van der Waals surface area (Å²) in [6, 6.07) is 7.15. The summed E-state index contributed by atoms with van der Waals surface area (Å²) in [5.74, 6) is 0.889. The Kier molecular flexibility index (Phi) is 10.3. The zero-order valence-corrected chi connectivity index (χ0v) is 12.5. The third-order valence-corrected chi connectivity index (χ3v) is 1.57. The summed E-state index contributed by atoms with van der Waals surface area (Å²) in [5, 5.41) is 0. The zero-order valence-electron chi connectivity index (χ0n) is 10.3. The van der Waals surface area contributed by atoms with Crippen LogP contribution >= 0.6 is 0 Å². The van der Waals surface area contributed by atoms with Gasteiger partial charge in [0.05, 0.1) is 6.61 Å². The van der Waals surface area contributed by atoms with Gasteiger partial charge in [-0.1, -0.05) is 0 Å². The van der Waals surface area contributed by atoms with Gasteiger partial charge in [-0.2, -0.15) is 0 Å². The van der Waals surface area contributed by atoms with Gasteiger partial charge in [0.15, 0.2) is 5.78 Å². The molecule has 0 aliphatic carbocycles. The Morgan fingerprint density at radius 1 is 1.36 bits per heavy atom. The molecule has 0 N–H and O–H groups in total. The van der Waals surface area contributed by atoms with Crippen LogP contribution in [0.15, 0.2) is 24.3 Å². The average molecular weight is 219 g/mol. The van der Waals surface area contributed by atoms with Gasteiger partial charge >= 0.3 is 51.4 Å². The number of carbonyl (C=O) groups excluding carboxylic acids is 1. The Labute approximate surface area is 130 Å². The van der Waals surface area contributed by atoms with Crippen LogP contribution in [-0.2, 0) is 0 Å². The van der Waals surface area contributed by atoms with E-state index >= 15 is 0 Å². The maximum atomic E-state index is 10.9. The molecular weight excluding hydrogens is 203 g/mol. The summed E-state index contributed by atoms with van der Waals surface area (Å²) in [7, 11) is 0. The van der Waals surface area contributed by atoms with Gasteiger partial charge in [-0.05, 0) is 38.1 Å². The number of carbonyl (C=O) groups is 1. The van der Waals surface area contributed by atoms with Crippen molar-refractivity contribution in [2.75, 3.05) is 6.61 Å². The Balaban J connectivity index is -0.000000480. The van der Waals surface area contributed by atoms with Crippen molar-refractivity contribution in [2.45, 2.75) is 13.8 Å². The molecule has 0 spiro atoms. The van der Waals surface area contributed by atoms with E-state index in [9.17, 15) is 4.79 Å². The fourth-order valence-corrected chi connectivity index (χ4v) is 0.953. The summed E-state index contributed by atoms with van der Waals surface area (Å²) < 4.78 is 5.23. The molecule has 0 aromatic heterocycles. The molecule has 1 aromatic carbocycles. The van der Waals surface area contributed by atoms with Gasteiger partial charge in [-0.3, -0.25) is 4.79 Å². The van der Waals surface area contributed by atoms with E-state index in [-0.39, 0.29) is 66.0 Å². The Hall–Kier alpha value is 0.326. The summed E-state index contributed by atoms with van der Waals surface area (Å²) in [4.78, 5) is 10.9. The van der Waals surface area contributed by atoms with Crippen molar-refractivity contribution in [3.63, 3.8) is 0 Å². The van der Waals surface area contributed by atoms with Gasteiger partial charge in [0.25, 0.3) is 0 Å². The van der Waals surface area contributed by atoms with E-state index in [0.717, 1.165) is 11.3 Å². The van der Waals surface area contributed by atoms with E-state index in [2.05, 4.69) is 0 Å². The van der Waals surface area contributed by atoms with Crippen LogP contribution in [0.3, 0.4) is 0 Å². The smallest absolute Gasteiger partial charge is 1.00 e. The second kappa shape index (κ2) is 8.62. The summed E-state index contributed by atoms with van der Waals surface area (Å²) in [5.41, 5.74) is 0.721. The average Bonchev–Trinajstić information content (AvgIpc) is 2.06. The number of hydrogen-bond acceptors (Lipinski definition) is 2. The van der Waals surface area contributed by atoms with E-state index < -0.39 is 0 Å². The number of hydrogen-bond donors (Lipinski definition) is 0. The van der Waals surface area contributed by atoms with Crippen LogP contribution in [0, 0.1) is 7.43 Å². The maximum Gasteiger partial charge on any atom is 1.00 e. The topological polar surface area (TPSA) is 26.3 Å². The summed E-state index contributed by atoms with van der Waals surface area (Å²) >= 11 is 0. The second-order valence-corrected chi connectivity index (χ2v) is 2.51. The predicted molar refractivity (Wildman–Crippen MR) is 55.1 cm³/mol. The molecule has 0 radical (unpaired) electrons. The van der Waals surface area contributed by atoms with Crippen LogP contribution in [0.1, 0.15) is 25.6 Å². The van der Waals surface area contributed by atoms with E-state index in [0.29, 0.717) is 6.61 Å². The van der Waals surface area contributed by atoms with Crippen molar-refractivity contribution < 1.29 is 62.3 Å². The first-order chi connectivity index (χ1) is 5.74. The van der Waals surface area contributed by atoms with Crippen molar-refractivity contribution in [1.29, 1.82) is 0 Å². The van der Waals surface area contributed by atoms with Gasteiger partial charge in [-0.15, -0.1) is 0 Å². The molecule has 0 saturated heterocycles.